The van der Waals surface area contributed by atoms with Crippen LogP contribution in [0, 0.1) is 11.7 Å². The number of hydrogen-bond acceptors (Lipinski definition) is 4. The summed E-state index contributed by atoms with van der Waals surface area (Å²) in [5, 5.41) is 0. The number of ketones is 1. The molecule has 1 aliphatic carbocycles. The normalized spacial score (nSPS) is 16.3. The molecule has 0 amide bonds. The fourth-order valence-corrected chi connectivity index (χ4v) is 4.18. The Kier molecular flexibility index (Phi) is 7.86. The lowest BCUT2D eigenvalue weighted by molar-refractivity contribution is -0.122. The zero-order chi connectivity index (χ0) is 21.5. The number of fused-ring (bicyclic) bond motifs is 1. The van der Waals surface area contributed by atoms with Crippen molar-refractivity contribution >= 4 is 5.78 Å². The van der Waals surface area contributed by atoms with Gasteiger partial charge in [-0.05, 0) is 86.7 Å². The summed E-state index contributed by atoms with van der Waals surface area (Å²) >= 11 is 0. The van der Waals surface area contributed by atoms with Crippen LogP contribution in [-0.4, -0.2) is 45.0 Å². The van der Waals surface area contributed by atoms with Gasteiger partial charge in [0, 0.05) is 18.9 Å². The van der Waals surface area contributed by atoms with Crippen LogP contribution in [0.2, 0.25) is 0 Å². The van der Waals surface area contributed by atoms with Gasteiger partial charge >= 0.3 is 0 Å². The number of hydrogen-bond donors (Lipinski definition) is 0. The van der Waals surface area contributed by atoms with Crippen molar-refractivity contribution in [2.45, 2.75) is 38.5 Å². The number of aryl methyl sites for hydroxylation is 1. The summed E-state index contributed by atoms with van der Waals surface area (Å²) in [6.45, 7) is 1.88. The number of likely N-dealkylation sites (N-methyl/N-ethyl adjacent to an activating group) is 1. The molecule has 4 nitrogen and oxygen atoms in total. The third-order valence-corrected chi connectivity index (χ3v) is 6.08. The van der Waals surface area contributed by atoms with Crippen molar-refractivity contribution in [3.8, 4) is 11.5 Å². The van der Waals surface area contributed by atoms with Gasteiger partial charge in [0.05, 0.1) is 14.2 Å². The number of ether oxygens (including phenoxy) is 2. The highest BCUT2D eigenvalue weighted by Crippen LogP contribution is 2.34. The third kappa shape index (κ3) is 5.82. The summed E-state index contributed by atoms with van der Waals surface area (Å²) < 4.78 is 23.8. The quantitative estimate of drug-likeness (QED) is 0.569. The smallest absolute Gasteiger partial charge is 0.161 e. The Morgan fingerprint density at radius 3 is 2.37 bits per heavy atom. The minimum atomic E-state index is -0.195. The summed E-state index contributed by atoms with van der Waals surface area (Å²) in [5.74, 6) is 1.66. The Bertz CT molecular complexity index is 850. The summed E-state index contributed by atoms with van der Waals surface area (Å²) in [6, 6.07) is 10.7. The fourth-order valence-electron chi connectivity index (χ4n) is 4.18. The number of carbonyl (C=O) groups is 1. The Morgan fingerprint density at radius 1 is 1.03 bits per heavy atom. The molecule has 0 saturated carbocycles. The van der Waals surface area contributed by atoms with Crippen molar-refractivity contribution in [3.63, 3.8) is 0 Å². The monoisotopic (exact) mass is 413 g/mol. The summed E-state index contributed by atoms with van der Waals surface area (Å²) in [6.07, 6.45) is 5.08. The first-order valence-corrected chi connectivity index (χ1v) is 10.7. The molecule has 30 heavy (non-hydrogen) atoms. The van der Waals surface area contributed by atoms with Crippen LogP contribution in [0.1, 0.15) is 36.0 Å². The van der Waals surface area contributed by atoms with E-state index in [2.05, 4.69) is 11.9 Å². The molecule has 162 valence electrons. The highest BCUT2D eigenvalue weighted by molar-refractivity contribution is 5.84. The second-order valence-electron chi connectivity index (χ2n) is 8.18. The van der Waals surface area contributed by atoms with Crippen molar-refractivity contribution in [3.05, 3.63) is 58.9 Å². The molecule has 0 spiro atoms. The molecular formula is C25H32FNO3. The van der Waals surface area contributed by atoms with E-state index in [9.17, 15) is 9.18 Å². The molecule has 2 aromatic rings. The molecule has 1 aliphatic rings. The second-order valence-corrected chi connectivity index (χ2v) is 8.18. The summed E-state index contributed by atoms with van der Waals surface area (Å²) in [4.78, 5) is 15.1. The fraction of sp³-hybridized carbons (Fsp3) is 0.480. The highest BCUT2D eigenvalue weighted by Gasteiger charge is 2.25. The minimum absolute atomic E-state index is 0.111. The number of halogens is 1. The topological polar surface area (TPSA) is 38.8 Å². The van der Waals surface area contributed by atoms with E-state index in [4.69, 9.17) is 9.47 Å². The van der Waals surface area contributed by atoms with E-state index in [-0.39, 0.29) is 11.7 Å². The molecule has 0 fully saturated rings. The number of nitrogens with zero attached hydrogens (tertiary/aromatic N) is 1. The van der Waals surface area contributed by atoms with Crippen LogP contribution in [-0.2, 0) is 24.1 Å². The van der Waals surface area contributed by atoms with Crippen LogP contribution in [0.25, 0.3) is 0 Å². The van der Waals surface area contributed by atoms with Crippen molar-refractivity contribution < 1.29 is 18.7 Å². The molecule has 0 aromatic heterocycles. The van der Waals surface area contributed by atoms with E-state index < -0.39 is 0 Å². The van der Waals surface area contributed by atoms with E-state index in [1.807, 2.05) is 24.3 Å². The SMILES string of the molecule is COc1cc2c(cc1OC)CC(=O)C(CCCN(C)CCc1ccc(F)cc1)CC2. The van der Waals surface area contributed by atoms with Gasteiger partial charge in [-0.3, -0.25) is 4.79 Å². The summed E-state index contributed by atoms with van der Waals surface area (Å²) in [5.41, 5.74) is 3.40. The molecule has 0 heterocycles. The van der Waals surface area contributed by atoms with Crippen molar-refractivity contribution in [2.75, 3.05) is 34.4 Å². The molecule has 0 N–H and O–H groups in total. The van der Waals surface area contributed by atoms with Gasteiger partial charge < -0.3 is 14.4 Å². The average molecular weight is 414 g/mol. The number of rotatable bonds is 9. The van der Waals surface area contributed by atoms with Crippen LogP contribution in [0.4, 0.5) is 4.39 Å². The maximum Gasteiger partial charge on any atom is 0.161 e. The molecule has 0 radical (unpaired) electrons. The number of carbonyl (C=O) groups excluding carboxylic acids is 1. The zero-order valence-electron chi connectivity index (χ0n) is 18.2. The Morgan fingerprint density at radius 2 is 1.70 bits per heavy atom. The average Bonchev–Trinajstić information content (AvgIpc) is 2.90. The van der Waals surface area contributed by atoms with Gasteiger partial charge in [-0.15, -0.1) is 0 Å². The van der Waals surface area contributed by atoms with E-state index in [1.54, 1.807) is 14.2 Å². The second kappa shape index (κ2) is 10.6. The first kappa shape index (κ1) is 22.3. The Labute approximate surface area is 179 Å². The van der Waals surface area contributed by atoms with E-state index >= 15 is 0 Å². The lowest BCUT2D eigenvalue weighted by Gasteiger charge is -2.18. The van der Waals surface area contributed by atoms with Crippen LogP contribution < -0.4 is 9.47 Å². The molecule has 1 atom stereocenters. The zero-order valence-corrected chi connectivity index (χ0v) is 18.2. The van der Waals surface area contributed by atoms with Gasteiger partial charge in [-0.25, -0.2) is 4.39 Å². The van der Waals surface area contributed by atoms with Gasteiger partial charge in [-0.2, -0.15) is 0 Å². The predicted octanol–water partition coefficient (Wildman–Crippen LogP) is 4.47. The first-order valence-electron chi connectivity index (χ1n) is 10.7. The highest BCUT2D eigenvalue weighted by atomic mass is 19.1. The maximum absolute atomic E-state index is 13.0. The maximum atomic E-state index is 13.0. The van der Waals surface area contributed by atoms with Crippen LogP contribution in [0.3, 0.4) is 0 Å². The molecule has 1 unspecified atom stereocenters. The van der Waals surface area contributed by atoms with Crippen LogP contribution in [0.15, 0.2) is 36.4 Å². The predicted molar refractivity (Wildman–Crippen MR) is 117 cm³/mol. The lowest BCUT2D eigenvalue weighted by Crippen LogP contribution is -2.24. The van der Waals surface area contributed by atoms with Crippen LogP contribution in [0.5, 0.6) is 11.5 Å². The van der Waals surface area contributed by atoms with Crippen molar-refractivity contribution in [2.24, 2.45) is 5.92 Å². The number of Topliss-reactive ketones (excluding diaryl/α,β-unsaturated/α-hetero) is 1. The van der Waals surface area contributed by atoms with Gasteiger partial charge in [0.2, 0.25) is 0 Å². The van der Waals surface area contributed by atoms with E-state index in [0.29, 0.717) is 18.0 Å². The molecular weight excluding hydrogens is 381 g/mol. The van der Waals surface area contributed by atoms with Crippen molar-refractivity contribution in [1.29, 1.82) is 0 Å². The standard InChI is InChI=1S/C25H32FNO3/c1-27(14-12-18-6-10-22(26)11-7-18)13-4-5-19-8-9-20-16-24(29-2)25(30-3)17-21(20)15-23(19)28/h6-7,10-11,16-17,19H,4-5,8-9,12-15H2,1-3H3. The van der Waals surface area contributed by atoms with Crippen molar-refractivity contribution in [1.82, 2.24) is 4.90 Å². The van der Waals surface area contributed by atoms with Gasteiger partial charge in [0.15, 0.2) is 11.5 Å². The Balaban J connectivity index is 1.47. The van der Waals surface area contributed by atoms with Gasteiger partial charge in [-0.1, -0.05) is 12.1 Å². The molecule has 0 saturated heterocycles. The number of benzene rings is 2. The minimum Gasteiger partial charge on any atom is -0.493 e. The summed E-state index contributed by atoms with van der Waals surface area (Å²) in [7, 11) is 5.37. The number of methoxy groups -OCH3 is 2. The van der Waals surface area contributed by atoms with Gasteiger partial charge in [0.1, 0.15) is 11.6 Å². The lowest BCUT2D eigenvalue weighted by atomic mass is 9.93. The van der Waals surface area contributed by atoms with Gasteiger partial charge in [0.25, 0.3) is 0 Å². The van der Waals surface area contributed by atoms with E-state index in [0.717, 1.165) is 62.1 Å². The first-order chi connectivity index (χ1) is 14.5. The third-order valence-electron chi connectivity index (χ3n) is 6.08. The molecule has 3 rings (SSSR count). The molecule has 0 aliphatic heterocycles. The van der Waals surface area contributed by atoms with E-state index in [1.165, 1.54) is 17.7 Å². The molecule has 0 bridgehead atoms. The molecule has 2 aromatic carbocycles. The molecule has 5 heteroatoms. The van der Waals surface area contributed by atoms with Crippen LogP contribution >= 0.6 is 0 Å². The largest absolute Gasteiger partial charge is 0.493 e. The Hall–Kier alpha value is -2.40.